The van der Waals surface area contributed by atoms with E-state index in [4.69, 9.17) is 4.98 Å². The van der Waals surface area contributed by atoms with Crippen LogP contribution in [0.4, 0.5) is 0 Å². The molecule has 0 saturated heterocycles. The quantitative estimate of drug-likeness (QED) is 0.197. The van der Waals surface area contributed by atoms with Gasteiger partial charge < -0.3 is 9.13 Å². The fourth-order valence-corrected chi connectivity index (χ4v) is 7.38. The first-order chi connectivity index (χ1) is 23.3. The average Bonchev–Trinajstić information content (AvgIpc) is 3.79. The van der Waals surface area contributed by atoms with E-state index in [1.54, 1.807) is 0 Å². The Balaban J connectivity index is 1.21. The Hall–Kier alpha value is -6.39. The number of imidazole rings is 1. The predicted octanol–water partition coefficient (Wildman–Crippen LogP) is 10.9. The third kappa shape index (κ3) is 3.85. The molecule has 0 aliphatic heterocycles. The smallest absolute Gasteiger partial charge is 0.145 e. The standard InChI is InChI=1S/C43H28N4/c1-3-13-30(14-4-1)45-38-20-10-7-17-33(38)35-27-36-34-18-8-11-21-39(34)46(42(36)28-41(35)45)32-25-23-29(24-26-32)43-44-37-19-9-12-22-40(37)47(43)31-15-5-2-6-16-31/h1-28H. The van der Waals surface area contributed by atoms with Gasteiger partial charge in [-0.2, -0.15) is 0 Å². The van der Waals surface area contributed by atoms with Crippen LogP contribution in [0.15, 0.2) is 170 Å². The molecule has 0 spiro atoms. The van der Waals surface area contributed by atoms with Crippen molar-refractivity contribution in [3.63, 3.8) is 0 Å². The maximum Gasteiger partial charge on any atom is 0.145 e. The average molecular weight is 601 g/mol. The van der Waals surface area contributed by atoms with Gasteiger partial charge in [-0.3, -0.25) is 4.57 Å². The first-order valence-electron chi connectivity index (χ1n) is 16.0. The first kappa shape index (κ1) is 25.9. The molecule has 4 nitrogen and oxygen atoms in total. The molecule has 0 fully saturated rings. The summed E-state index contributed by atoms with van der Waals surface area (Å²) < 4.78 is 7.05. The summed E-state index contributed by atoms with van der Waals surface area (Å²) in [7, 11) is 0. The van der Waals surface area contributed by atoms with Crippen LogP contribution in [-0.4, -0.2) is 18.7 Å². The summed E-state index contributed by atoms with van der Waals surface area (Å²) in [6, 6.07) is 60.6. The molecule has 220 valence electrons. The van der Waals surface area contributed by atoms with Crippen molar-refractivity contribution in [2.45, 2.75) is 0 Å². The molecule has 0 amide bonds. The van der Waals surface area contributed by atoms with Gasteiger partial charge in [-0.05, 0) is 84.9 Å². The van der Waals surface area contributed by atoms with E-state index in [9.17, 15) is 0 Å². The topological polar surface area (TPSA) is 27.7 Å². The molecule has 0 unspecified atom stereocenters. The van der Waals surface area contributed by atoms with Gasteiger partial charge in [0.1, 0.15) is 5.82 Å². The van der Waals surface area contributed by atoms with E-state index in [1.807, 2.05) is 6.07 Å². The Morgan fingerprint density at radius 1 is 0.319 bits per heavy atom. The Morgan fingerprint density at radius 2 is 0.787 bits per heavy atom. The van der Waals surface area contributed by atoms with E-state index >= 15 is 0 Å². The molecule has 7 aromatic carbocycles. The van der Waals surface area contributed by atoms with Crippen LogP contribution in [0, 0.1) is 0 Å². The maximum absolute atomic E-state index is 5.10. The Bertz CT molecular complexity index is 2760. The molecule has 0 radical (unpaired) electrons. The normalized spacial score (nSPS) is 11.8. The van der Waals surface area contributed by atoms with Crippen LogP contribution in [-0.2, 0) is 0 Å². The second-order valence-corrected chi connectivity index (χ2v) is 12.1. The fraction of sp³-hybridized carbons (Fsp3) is 0. The third-order valence-electron chi connectivity index (χ3n) is 9.44. The molecule has 0 saturated carbocycles. The van der Waals surface area contributed by atoms with E-state index in [2.05, 4.69) is 177 Å². The fourth-order valence-electron chi connectivity index (χ4n) is 7.38. The summed E-state index contributed by atoms with van der Waals surface area (Å²) in [6.07, 6.45) is 0. The number of rotatable bonds is 4. The van der Waals surface area contributed by atoms with Gasteiger partial charge >= 0.3 is 0 Å². The van der Waals surface area contributed by atoms with Gasteiger partial charge in [0.25, 0.3) is 0 Å². The van der Waals surface area contributed by atoms with Crippen LogP contribution in [0.2, 0.25) is 0 Å². The molecule has 0 aliphatic rings. The molecule has 0 atom stereocenters. The zero-order chi connectivity index (χ0) is 30.9. The van der Waals surface area contributed by atoms with Crippen molar-refractivity contribution in [1.82, 2.24) is 18.7 Å². The van der Waals surface area contributed by atoms with E-state index in [1.165, 1.54) is 43.6 Å². The van der Waals surface area contributed by atoms with Gasteiger partial charge in [-0.1, -0.05) is 84.9 Å². The molecule has 3 aromatic heterocycles. The number of para-hydroxylation sites is 6. The SMILES string of the molecule is c1ccc(-n2c(-c3ccc(-n4c5ccccc5c5cc6c7ccccc7n(-c7ccccc7)c6cc54)cc3)nc3ccccc32)cc1. The summed E-state index contributed by atoms with van der Waals surface area (Å²) in [5, 5.41) is 5.01. The minimum atomic E-state index is 0.931. The summed E-state index contributed by atoms with van der Waals surface area (Å²) >= 11 is 0. The number of benzene rings is 7. The van der Waals surface area contributed by atoms with Crippen LogP contribution < -0.4 is 0 Å². The minimum Gasteiger partial charge on any atom is -0.309 e. The lowest BCUT2D eigenvalue weighted by atomic mass is 10.1. The molecular formula is C43H28N4. The van der Waals surface area contributed by atoms with Gasteiger partial charge in [-0.25, -0.2) is 4.98 Å². The van der Waals surface area contributed by atoms with Crippen LogP contribution in [0.1, 0.15) is 0 Å². The van der Waals surface area contributed by atoms with E-state index in [-0.39, 0.29) is 0 Å². The van der Waals surface area contributed by atoms with Crippen molar-refractivity contribution in [3.05, 3.63) is 170 Å². The van der Waals surface area contributed by atoms with Crippen molar-refractivity contribution in [2.75, 3.05) is 0 Å². The molecule has 4 heteroatoms. The van der Waals surface area contributed by atoms with Crippen molar-refractivity contribution < 1.29 is 0 Å². The monoisotopic (exact) mass is 600 g/mol. The number of fused-ring (bicyclic) bond motifs is 7. The third-order valence-corrected chi connectivity index (χ3v) is 9.44. The maximum atomic E-state index is 5.10. The number of nitrogens with zero attached hydrogens (tertiary/aromatic N) is 4. The highest BCUT2D eigenvalue weighted by Crippen LogP contribution is 2.40. The highest BCUT2D eigenvalue weighted by molar-refractivity contribution is 6.19. The Kier molecular flexibility index (Phi) is 5.54. The molecule has 0 bridgehead atoms. The van der Waals surface area contributed by atoms with Crippen LogP contribution in [0.5, 0.6) is 0 Å². The van der Waals surface area contributed by atoms with Crippen molar-refractivity contribution in [2.24, 2.45) is 0 Å². The van der Waals surface area contributed by atoms with E-state index < -0.39 is 0 Å². The zero-order valence-electron chi connectivity index (χ0n) is 25.5. The van der Waals surface area contributed by atoms with Crippen LogP contribution in [0.25, 0.3) is 83.1 Å². The Morgan fingerprint density at radius 3 is 1.38 bits per heavy atom. The van der Waals surface area contributed by atoms with Crippen LogP contribution in [0.3, 0.4) is 0 Å². The second kappa shape index (κ2) is 10.1. The van der Waals surface area contributed by atoms with Crippen molar-refractivity contribution in [1.29, 1.82) is 0 Å². The molecule has 47 heavy (non-hydrogen) atoms. The van der Waals surface area contributed by atoms with Gasteiger partial charge in [0.15, 0.2) is 0 Å². The van der Waals surface area contributed by atoms with Crippen molar-refractivity contribution in [3.8, 4) is 28.5 Å². The van der Waals surface area contributed by atoms with Crippen LogP contribution >= 0.6 is 0 Å². The second-order valence-electron chi connectivity index (χ2n) is 12.1. The Labute approximate surface area is 271 Å². The number of hydrogen-bond acceptors (Lipinski definition) is 1. The molecule has 0 N–H and O–H groups in total. The summed E-state index contributed by atoms with van der Waals surface area (Å²) in [5.74, 6) is 0.931. The summed E-state index contributed by atoms with van der Waals surface area (Å²) in [4.78, 5) is 5.10. The lowest BCUT2D eigenvalue weighted by Gasteiger charge is -2.12. The first-order valence-corrected chi connectivity index (χ1v) is 16.0. The molecule has 3 heterocycles. The highest BCUT2D eigenvalue weighted by Gasteiger charge is 2.19. The number of aromatic nitrogens is 4. The lowest BCUT2D eigenvalue weighted by Crippen LogP contribution is -1.98. The minimum absolute atomic E-state index is 0.931. The van der Waals surface area contributed by atoms with Crippen molar-refractivity contribution >= 4 is 54.6 Å². The summed E-state index contributed by atoms with van der Waals surface area (Å²) in [5.41, 5.74) is 11.3. The summed E-state index contributed by atoms with van der Waals surface area (Å²) in [6.45, 7) is 0. The molecule has 10 aromatic rings. The highest BCUT2D eigenvalue weighted by atomic mass is 15.1. The van der Waals surface area contributed by atoms with Gasteiger partial charge in [0, 0.05) is 44.2 Å². The lowest BCUT2D eigenvalue weighted by molar-refractivity contribution is 1.10. The largest absolute Gasteiger partial charge is 0.309 e. The predicted molar refractivity (Wildman–Crippen MR) is 195 cm³/mol. The molecular weight excluding hydrogens is 573 g/mol. The van der Waals surface area contributed by atoms with E-state index in [0.29, 0.717) is 0 Å². The van der Waals surface area contributed by atoms with Gasteiger partial charge in [0.2, 0.25) is 0 Å². The number of hydrogen-bond donors (Lipinski definition) is 0. The zero-order valence-corrected chi connectivity index (χ0v) is 25.5. The molecule has 10 rings (SSSR count). The van der Waals surface area contributed by atoms with E-state index in [0.717, 1.165) is 39.5 Å². The molecule has 0 aliphatic carbocycles. The van der Waals surface area contributed by atoms with Gasteiger partial charge in [0.05, 0.1) is 33.1 Å². The van der Waals surface area contributed by atoms with Gasteiger partial charge in [-0.15, -0.1) is 0 Å².